The Bertz CT molecular complexity index is 763. The molecule has 0 aliphatic carbocycles. The van der Waals surface area contributed by atoms with Crippen LogP contribution in [0.3, 0.4) is 0 Å². The summed E-state index contributed by atoms with van der Waals surface area (Å²) < 4.78 is 10.8. The molecule has 1 heterocycles. The van der Waals surface area contributed by atoms with Gasteiger partial charge in [-0.2, -0.15) is 0 Å². The van der Waals surface area contributed by atoms with Gasteiger partial charge in [0.1, 0.15) is 12.7 Å². The minimum Gasteiger partial charge on any atom is -0.460 e. The first kappa shape index (κ1) is 18.3. The second-order valence-electron chi connectivity index (χ2n) is 6.25. The second kappa shape index (κ2) is 8.23. The van der Waals surface area contributed by atoms with Gasteiger partial charge in [-0.3, -0.25) is 4.79 Å². The Labute approximate surface area is 157 Å². The highest BCUT2D eigenvalue weighted by Crippen LogP contribution is 2.31. The third kappa shape index (κ3) is 4.55. The van der Waals surface area contributed by atoms with E-state index in [1.807, 2.05) is 42.5 Å². The Morgan fingerprint density at radius 3 is 2.42 bits per heavy atom. The van der Waals surface area contributed by atoms with E-state index in [0.29, 0.717) is 18.1 Å². The van der Waals surface area contributed by atoms with Crippen molar-refractivity contribution < 1.29 is 19.1 Å². The highest BCUT2D eigenvalue weighted by atomic mass is 35.5. The average molecular weight is 374 g/mol. The number of hydrogen-bond donors (Lipinski definition) is 0. The maximum Gasteiger partial charge on any atom is 0.410 e. The lowest BCUT2D eigenvalue weighted by atomic mass is 9.96. The fourth-order valence-corrected chi connectivity index (χ4v) is 3.22. The maximum atomic E-state index is 12.4. The number of carbonyl (C=O) groups is 2. The minimum absolute atomic E-state index is 0.111. The molecular weight excluding hydrogens is 354 g/mol. The van der Waals surface area contributed by atoms with Crippen LogP contribution in [0.25, 0.3) is 0 Å². The molecule has 0 unspecified atom stereocenters. The summed E-state index contributed by atoms with van der Waals surface area (Å²) in [7, 11) is 0. The van der Waals surface area contributed by atoms with Gasteiger partial charge in [0.2, 0.25) is 0 Å². The Morgan fingerprint density at radius 2 is 1.77 bits per heavy atom. The first-order valence-electron chi connectivity index (χ1n) is 8.41. The number of benzene rings is 2. The normalized spacial score (nSPS) is 19.2. The summed E-state index contributed by atoms with van der Waals surface area (Å²) in [5, 5.41) is 0.634. The maximum absolute atomic E-state index is 12.4. The molecule has 2 aromatic carbocycles. The number of halogens is 1. The van der Waals surface area contributed by atoms with Crippen molar-refractivity contribution in [3.05, 3.63) is 70.7 Å². The Kier molecular flexibility index (Phi) is 5.78. The van der Waals surface area contributed by atoms with Crippen LogP contribution in [0.1, 0.15) is 24.0 Å². The van der Waals surface area contributed by atoms with Crippen LogP contribution < -0.4 is 0 Å². The summed E-state index contributed by atoms with van der Waals surface area (Å²) in [4.78, 5) is 25.4. The van der Waals surface area contributed by atoms with Crippen LogP contribution in [0, 0.1) is 0 Å². The van der Waals surface area contributed by atoms with E-state index in [-0.39, 0.29) is 18.5 Å². The molecule has 3 rings (SSSR count). The van der Waals surface area contributed by atoms with Crippen LogP contribution >= 0.6 is 11.6 Å². The van der Waals surface area contributed by atoms with Crippen molar-refractivity contribution in [2.75, 3.05) is 13.1 Å². The molecule has 0 spiro atoms. The first-order valence-corrected chi connectivity index (χ1v) is 8.79. The van der Waals surface area contributed by atoms with Crippen LogP contribution in [-0.2, 0) is 20.9 Å². The summed E-state index contributed by atoms with van der Waals surface area (Å²) in [5.41, 5.74) is 1.89. The Hall–Kier alpha value is -2.53. The number of likely N-dealkylation sites (tertiary alicyclic amines) is 1. The van der Waals surface area contributed by atoms with Gasteiger partial charge in [-0.15, -0.1) is 0 Å². The third-order valence-electron chi connectivity index (χ3n) is 4.35. The third-order valence-corrected chi connectivity index (χ3v) is 4.60. The molecule has 0 radical (unpaired) electrons. The van der Waals surface area contributed by atoms with Gasteiger partial charge in [0.05, 0.1) is 6.54 Å². The fraction of sp³-hybridized carbons (Fsp3) is 0.300. The standard InChI is InChI=1S/C20H20ClNO4/c1-14(23)26-19-12-22(11-18(19)16-7-9-17(21)10-8-16)20(24)25-13-15-5-3-2-4-6-15/h2-10,18-19H,11-13H2,1H3/t18-,19+/m1/s1. The van der Waals surface area contributed by atoms with Crippen LogP contribution in [0.15, 0.2) is 54.6 Å². The topological polar surface area (TPSA) is 55.8 Å². The van der Waals surface area contributed by atoms with E-state index in [0.717, 1.165) is 11.1 Å². The van der Waals surface area contributed by atoms with Crippen LogP contribution in [-0.4, -0.2) is 36.2 Å². The van der Waals surface area contributed by atoms with E-state index in [9.17, 15) is 9.59 Å². The smallest absolute Gasteiger partial charge is 0.410 e. The molecule has 1 aliphatic rings. The summed E-state index contributed by atoms with van der Waals surface area (Å²) >= 11 is 5.95. The number of nitrogens with zero attached hydrogens (tertiary/aromatic N) is 1. The van der Waals surface area contributed by atoms with Crippen molar-refractivity contribution in [3.63, 3.8) is 0 Å². The molecule has 0 bridgehead atoms. The number of amides is 1. The summed E-state index contributed by atoms with van der Waals surface area (Å²) in [6, 6.07) is 16.9. The van der Waals surface area contributed by atoms with E-state index in [2.05, 4.69) is 0 Å². The fourth-order valence-electron chi connectivity index (χ4n) is 3.10. The van der Waals surface area contributed by atoms with Gasteiger partial charge in [0.25, 0.3) is 0 Å². The predicted molar refractivity (Wildman–Crippen MR) is 97.9 cm³/mol. The molecule has 136 valence electrons. The summed E-state index contributed by atoms with van der Waals surface area (Å²) in [6.45, 7) is 2.31. The van der Waals surface area contributed by atoms with Gasteiger partial charge < -0.3 is 14.4 Å². The largest absolute Gasteiger partial charge is 0.460 e. The SMILES string of the molecule is CC(=O)O[C@H]1CN(C(=O)OCc2ccccc2)C[C@@H]1c1ccc(Cl)cc1. The predicted octanol–water partition coefficient (Wildman–Crippen LogP) is 4.01. The van der Waals surface area contributed by atoms with Gasteiger partial charge in [0, 0.05) is 24.4 Å². The van der Waals surface area contributed by atoms with Crippen molar-refractivity contribution in [2.24, 2.45) is 0 Å². The molecule has 0 saturated carbocycles. The van der Waals surface area contributed by atoms with Crippen LogP contribution in [0.5, 0.6) is 0 Å². The lowest BCUT2D eigenvalue weighted by Gasteiger charge is -2.18. The van der Waals surface area contributed by atoms with Gasteiger partial charge in [-0.05, 0) is 23.3 Å². The highest BCUT2D eigenvalue weighted by Gasteiger charge is 2.39. The van der Waals surface area contributed by atoms with Gasteiger partial charge in [0.15, 0.2) is 0 Å². The molecule has 5 nitrogen and oxygen atoms in total. The van der Waals surface area contributed by atoms with Crippen molar-refractivity contribution in [3.8, 4) is 0 Å². The molecule has 6 heteroatoms. The Balaban J connectivity index is 1.67. The lowest BCUT2D eigenvalue weighted by molar-refractivity contribution is -0.146. The van der Waals surface area contributed by atoms with Crippen LogP contribution in [0.2, 0.25) is 5.02 Å². The van der Waals surface area contributed by atoms with E-state index in [1.54, 1.807) is 17.0 Å². The number of hydrogen-bond acceptors (Lipinski definition) is 4. The quantitative estimate of drug-likeness (QED) is 0.760. The number of rotatable bonds is 4. The molecule has 26 heavy (non-hydrogen) atoms. The molecule has 1 fully saturated rings. The van der Waals surface area contributed by atoms with Crippen molar-refractivity contribution in [1.82, 2.24) is 4.90 Å². The van der Waals surface area contributed by atoms with E-state index in [4.69, 9.17) is 21.1 Å². The molecule has 2 atom stereocenters. The second-order valence-corrected chi connectivity index (χ2v) is 6.69. The van der Waals surface area contributed by atoms with Crippen molar-refractivity contribution >= 4 is 23.7 Å². The average Bonchev–Trinajstić information content (AvgIpc) is 3.04. The monoisotopic (exact) mass is 373 g/mol. The van der Waals surface area contributed by atoms with Crippen molar-refractivity contribution in [1.29, 1.82) is 0 Å². The number of ether oxygens (including phenoxy) is 2. The first-order chi connectivity index (χ1) is 12.5. The molecular formula is C20H20ClNO4. The zero-order valence-electron chi connectivity index (χ0n) is 14.4. The molecule has 2 aromatic rings. The zero-order chi connectivity index (χ0) is 18.5. The molecule has 0 N–H and O–H groups in total. The number of carbonyl (C=O) groups excluding carboxylic acids is 2. The summed E-state index contributed by atoms with van der Waals surface area (Å²) in [6.07, 6.45) is -0.819. The highest BCUT2D eigenvalue weighted by molar-refractivity contribution is 6.30. The van der Waals surface area contributed by atoms with Gasteiger partial charge >= 0.3 is 12.1 Å². The van der Waals surface area contributed by atoms with Crippen LogP contribution in [0.4, 0.5) is 4.79 Å². The van der Waals surface area contributed by atoms with E-state index >= 15 is 0 Å². The number of esters is 1. The molecule has 0 aromatic heterocycles. The van der Waals surface area contributed by atoms with Crippen molar-refractivity contribution in [2.45, 2.75) is 25.6 Å². The minimum atomic E-state index is -0.414. The van der Waals surface area contributed by atoms with E-state index in [1.165, 1.54) is 6.92 Å². The molecule has 1 amide bonds. The van der Waals surface area contributed by atoms with Gasteiger partial charge in [-0.25, -0.2) is 4.79 Å². The molecule has 1 saturated heterocycles. The van der Waals surface area contributed by atoms with E-state index < -0.39 is 12.2 Å². The summed E-state index contributed by atoms with van der Waals surface area (Å²) in [5.74, 6) is -0.478. The lowest BCUT2D eigenvalue weighted by Crippen LogP contribution is -2.31. The Morgan fingerprint density at radius 1 is 1.08 bits per heavy atom. The zero-order valence-corrected chi connectivity index (χ0v) is 15.2. The van der Waals surface area contributed by atoms with Gasteiger partial charge in [-0.1, -0.05) is 54.1 Å². The molecule has 1 aliphatic heterocycles.